The van der Waals surface area contributed by atoms with Crippen LogP contribution in [0.2, 0.25) is 0 Å². The lowest BCUT2D eigenvalue weighted by atomic mass is 9.78. The summed E-state index contributed by atoms with van der Waals surface area (Å²) in [6.45, 7) is 1.97. The van der Waals surface area contributed by atoms with E-state index in [1.54, 1.807) is 0 Å². The molecule has 0 aliphatic rings. The number of rotatable bonds is 1. The van der Waals surface area contributed by atoms with Gasteiger partial charge in [0.15, 0.2) is 0 Å². The number of fused-ring (bicyclic) bond motifs is 3. The third-order valence-corrected chi connectivity index (χ3v) is 3.45. The standard InChI is InChI=1S/C14H14BNO2/c1-9-7-11-10-5-3-4-6-13(10)16(2)14(11)12(8-9)15(17)18/h3-8,17-18H,1-2H3. The lowest BCUT2D eigenvalue weighted by molar-refractivity contribution is 0.426. The van der Waals surface area contributed by atoms with E-state index >= 15 is 0 Å². The quantitative estimate of drug-likeness (QED) is 0.629. The Kier molecular flexibility index (Phi) is 2.43. The number of nitrogens with zero attached hydrogens (tertiary/aromatic N) is 1. The van der Waals surface area contributed by atoms with Crippen molar-refractivity contribution < 1.29 is 10.0 Å². The second kappa shape index (κ2) is 3.87. The van der Waals surface area contributed by atoms with Crippen LogP contribution in [0.5, 0.6) is 0 Å². The van der Waals surface area contributed by atoms with Crippen molar-refractivity contribution in [3.8, 4) is 0 Å². The van der Waals surface area contributed by atoms with E-state index in [0.717, 1.165) is 27.4 Å². The highest BCUT2D eigenvalue weighted by molar-refractivity contribution is 6.62. The van der Waals surface area contributed by atoms with Crippen LogP contribution in [-0.4, -0.2) is 21.7 Å². The van der Waals surface area contributed by atoms with Crippen LogP contribution >= 0.6 is 0 Å². The molecule has 0 spiro atoms. The maximum absolute atomic E-state index is 9.54. The van der Waals surface area contributed by atoms with Crippen LogP contribution < -0.4 is 5.46 Å². The molecule has 90 valence electrons. The van der Waals surface area contributed by atoms with Crippen molar-refractivity contribution in [1.82, 2.24) is 4.57 Å². The Morgan fingerprint density at radius 1 is 1.06 bits per heavy atom. The predicted molar refractivity (Wildman–Crippen MR) is 75.0 cm³/mol. The van der Waals surface area contributed by atoms with Crippen LogP contribution in [0.3, 0.4) is 0 Å². The minimum atomic E-state index is -1.45. The summed E-state index contributed by atoms with van der Waals surface area (Å²) in [5, 5.41) is 21.3. The molecule has 0 saturated heterocycles. The molecular formula is C14H14BNO2. The number of benzene rings is 2. The highest BCUT2D eigenvalue weighted by Crippen LogP contribution is 2.27. The lowest BCUT2D eigenvalue weighted by Gasteiger charge is -2.06. The van der Waals surface area contributed by atoms with Gasteiger partial charge < -0.3 is 14.6 Å². The molecule has 0 unspecified atom stereocenters. The van der Waals surface area contributed by atoms with Gasteiger partial charge in [-0.05, 0) is 19.1 Å². The van der Waals surface area contributed by atoms with Gasteiger partial charge in [0.05, 0.1) is 0 Å². The molecule has 0 amide bonds. The van der Waals surface area contributed by atoms with Crippen LogP contribution in [0.25, 0.3) is 21.8 Å². The Morgan fingerprint density at radius 3 is 2.50 bits per heavy atom. The van der Waals surface area contributed by atoms with Gasteiger partial charge in [-0.3, -0.25) is 0 Å². The van der Waals surface area contributed by atoms with E-state index in [1.165, 1.54) is 0 Å². The van der Waals surface area contributed by atoms with Crippen LogP contribution in [0.4, 0.5) is 0 Å². The smallest absolute Gasteiger partial charge is 0.423 e. The van der Waals surface area contributed by atoms with Gasteiger partial charge in [-0.15, -0.1) is 0 Å². The molecule has 0 aliphatic heterocycles. The van der Waals surface area contributed by atoms with Gasteiger partial charge in [0.25, 0.3) is 0 Å². The summed E-state index contributed by atoms with van der Waals surface area (Å²) in [4.78, 5) is 0. The van der Waals surface area contributed by atoms with Crippen molar-refractivity contribution in [3.63, 3.8) is 0 Å². The zero-order chi connectivity index (χ0) is 12.9. The second-order valence-electron chi connectivity index (χ2n) is 4.70. The minimum absolute atomic E-state index is 0.559. The molecule has 3 nitrogen and oxygen atoms in total. The minimum Gasteiger partial charge on any atom is -0.423 e. The molecule has 1 heterocycles. The first-order valence-corrected chi connectivity index (χ1v) is 5.93. The van der Waals surface area contributed by atoms with Crippen molar-refractivity contribution in [1.29, 1.82) is 0 Å². The van der Waals surface area contributed by atoms with Crippen LogP contribution in [0, 0.1) is 6.92 Å². The number of hydrogen-bond donors (Lipinski definition) is 2. The van der Waals surface area contributed by atoms with E-state index in [2.05, 4.69) is 12.1 Å². The molecule has 3 aromatic rings. The van der Waals surface area contributed by atoms with Gasteiger partial charge in [0.1, 0.15) is 0 Å². The van der Waals surface area contributed by atoms with Crippen molar-refractivity contribution >= 4 is 34.4 Å². The largest absolute Gasteiger partial charge is 0.490 e. The summed E-state index contributed by atoms with van der Waals surface area (Å²) in [5.74, 6) is 0. The van der Waals surface area contributed by atoms with Gasteiger partial charge >= 0.3 is 7.12 Å². The van der Waals surface area contributed by atoms with Gasteiger partial charge in [0, 0.05) is 34.3 Å². The predicted octanol–water partition coefficient (Wildman–Crippen LogP) is 1.32. The van der Waals surface area contributed by atoms with Crippen LogP contribution in [0.1, 0.15) is 5.56 Å². The Labute approximate surface area is 105 Å². The summed E-state index contributed by atoms with van der Waals surface area (Å²) in [7, 11) is 0.502. The fourth-order valence-corrected chi connectivity index (χ4v) is 2.70. The molecule has 0 radical (unpaired) electrons. The number of hydrogen-bond acceptors (Lipinski definition) is 2. The van der Waals surface area contributed by atoms with Gasteiger partial charge in [-0.1, -0.05) is 29.8 Å². The van der Waals surface area contributed by atoms with Crippen LogP contribution in [0.15, 0.2) is 36.4 Å². The lowest BCUT2D eigenvalue weighted by Crippen LogP contribution is -2.31. The fraction of sp³-hybridized carbons (Fsp3) is 0.143. The molecule has 1 aromatic heterocycles. The van der Waals surface area contributed by atoms with E-state index in [9.17, 15) is 10.0 Å². The number of para-hydroxylation sites is 1. The molecule has 2 N–H and O–H groups in total. The third kappa shape index (κ3) is 1.46. The Bertz CT molecular complexity index is 746. The van der Waals surface area contributed by atoms with E-state index < -0.39 is 7.12 Å². The first-order valence-electron chi connectivity index (χ1n) is 5.93. The summed E-state index contributed by atoms with van der Waals surface area (Å²) < 4.78 is 2.01. The zero-order valence-corrected chi connectivity index (χ0v) is 10.4. The highest BCUT2D eigenvalue weighted by Gasteiger charge is 2.19. The van der Waals surface area contributed by atoms with Crippen LogP contribution in [-0.2, 0) is 7.05 Å². The Hall–Kier alpha value is -1.78. The molecule has 3 rings (SSSR count). The van der Waals surface area contributed by atoms with Crippen molar-refractivity contribution in [2.75, 3.05) is 0 Å². The summed E-state index contributed by atoms with van der Waals surface area (Å²) in [6, 6.07) is 12.0. The topological polar surface area (TPSA) is 45.4 Å². The van der Waals surface area contributed by atoms with E-state index in [4.69, 9.17) is 0 Å². The second-order valence-corrected chi connectivity index (χ2v) is 4.70. The van der Waals surface area contributed by atoms with E-state index in [1.807, 2.05) is 42.8 Å². The highest BCUT2D eigenvalue weighted by atomic mass is 16.4. The first kappa shape index (κ1) is 11.3. The fourth-order valence-electron chi connectivity index (χ4n) is 2.70. The number of aryl methyl sites for hydroxylation is 2. The normalized spacial score (nSPS) is 11.3. The Morgan fingerprint density at radius 2 is 1.78 bits per heavy atom. The summed E-state index contributed by atoms with van der Waals surface area (Å²) in [5.41, 5.74) is 3.57. The maximum atomic E-state index is 9.54. The average molecular weight is 239 g/mol. The van der Waals surface area contributed by atoms with Crippen molar-refractivity contribution in [2.45, 2.75) is 6.92 Å². The molecule has 2 aromatic carbocycles. The summed E-state index contributed by atoms with van der Waals surface area (Å²) in [6.07, 6.45) is 0. The van der Waals surface area contributed by atoms with Crippen molar-refractivity contribution in [3.05, 3.63) is 42.0 Å². The monoisotopic (exact) mass is 239 g/mol. The molecule has 0 fully saturated rings. The zero-order valence-electron chi connectivity index (χ0n) is 10.4. The molecular weight excluding hydrogens is 225 g/mol. The van der Waals surface area contributed by atoms with Crippen molar-refractivity contribution in [2.24, 2.45) is 7.05 Å². The van der Waals surface area contributed by atoms with Gasteiger partial charge in [-0.2, -0.15) is 0 Å². The Balaban J connectivity index is 2.59. The molecule has 0 saturated carbocycles. The number of aromatic nitrogens is 1. The molecule has 0 atom stereocenters. The molecule has 0 bridgehead atoms. The van der Waals surface area contributed by atoms with Gasteiger partial charge in [0.2, 0.25) is 0 Å². The average Bonchev–Trinajstić information content (AvgIpc) is 2.63. The maximum Gasteiger partial charge on any atom is 0.490 e. The van der Waals surface area contributed by atoms with E-state index in [0.29, 0.717) is 5.46 Å². The van der Waals surface area contributed by atoms with Gasteiger partial charge in [-0.25, -0.2) is 0 Å². The summed E-state index contributed by atoms with van der Waals surface area (Å²) >= 11 is 0. The molecule has 18 heavy (non-hydrogen) atoms. The SMILES string of the molecule is Cc1cc(B(O)O)c2c(c1)c1ccccc1n2C. The first-order chi connectivity index (χ1) is 8.59. The molecule has 4 heteroatoms. The molecule has 0 aliphatic carbocycles. The third-order valence-electron chi connectivity index (χ3n) is 3.45. The van der Waals surface area contributed by atoms with E-state index in [-0.39, 0.29) is 0 Å².